The molecule has 0 unspecified atom stereocenters. The van der Waals surface area contributed by atoms with E-state index in [0.717, 1.165) is 0 Å². The van der Waals surface area contributed by atoms with Crippen LogP contribution in [0.5, 0.6) is 11.5 Å². The van der Waals surface area contributed by atoms with Crippen LogP contribution in [0.3, 0.4) is 0 Å². The van der Waals surface area contributed by atoms with E-state index in [-0.39, 0.29) is 23.1 Å². The predicted molar refractivity (Wildman–Crippen MR) is 73.0 cm³/mol. The van der Waals surface area contributed by atoms with E-state index < -0.39 is 0 Å². The van der Waals surface area contributed by atoms with Gasteiger partial charge in [-0.25, -0.2) is 8.78 Å². The topological polar surface area (TPSA) is 18.5 Å². The molecule has 0 aliphatic carbocycles. The molecule has 2 aromatic carbocycles. The summed E-state index contributed by atoms with van der Waals surface area (Å²) in [5, 5.41) is 0. The van der Waals surface area contributed by atoms with Gasteiger partial charge in [0.15, 0.2) is 23.1 Å². The smallest absolute Gasteiger partial charge is 0.165 e. The molecule has 2 rings (SSSR count). The number of unbranched alkanes of at least 4 members (excludes halogenated alkanes) is 1. The molecule has 0 spiro atoms. The molecule has 0 saturated heterocycles. The zero-order valence-electron chi connectivity index (χ0n) is 11.0. The highest BCUT2D eigenvalue weighted by Gasteiger charge is 2.02. The minimum Gasteiger partial charge on any atom is -0.491 e. The molecule has 0 aliphatic heterocycles. The summed E-state index contributed by atoms with van der Waals surface area (Å²) >= 11 is 0. The Hall–Kier alpha value is -2.10. The summed E-state index contributed by atoms with van der Waals surface area (Å²) in [5.41, 5.74) is 0. The number of hydrogen-bond acceptors (Lipinski definition) is 2. The van der Waals surface area contributed by atoms with Gasteiger partial charge in [-0.15, -0.1) is 0 Å². The molecule has 0 saturated carbocycles. The summed E-state index contributed by atoms with van der Waals surface area (Å²) in [7, 11) is 0. The maximum atomic E-state index is 13.2. The maximum absolute atomic E-state index is 13.2. The highest BCUT2D eigenvalue weighted by atomic mass is 19.1. The summed E-state index contributed by atoms with van der Waals surface area (Å²) in [6.45, 7) is 0.809. The van der Waals surface area contributed by atoms with E-state index in [4.69, 9.17) is 9.47 Å². The lowest BCUT2D eigenvalue weighted by molar-refractivity contribution is 0.254. The van der Waals surface area contributed by atoms with Gasteiger partial charge in [-0.2, -0.15) is 0 Å². The van der Waals surface area contributed by atoms with Crippen LogP contribution in [0.2, 0.25) is 0 Å². The third kappa shape index (κ3) is 4.23. The van der Waals surface area contributed by atoms with Crippen LogP contribution in [0.4, 0.5) is 8.78 Å². The van der Waals surface area contributed by atoms with Gasteiger partial charge in [0.1, 0.15) is 0 Å². The highest BCUT2D eigenvalue weighted by molar-refractivity contribution is 5.24. The molecule has 4 heteroatoms. The quantitative estimate of drug-likeness (QED) is 0.707. The van der Waals surface area contributed by atoms with Crippen LogP contribution in [0.1, 0.15) is 12.8 Å². The lowest BCUT2D eigenvalue weighted by atomic mass is 10.3. The molecule has 0 radical (unpaired) electrons. The van der Waals surface area contributed by atoms with Crippen LogP contribution in [0.25, 0.3) is 0 Å². The molecule has 0 bridgehead atoms. The first-order chi connectivity index (χ1) is 9.77. The van der Waals surface area contributed by atoms with Crippen LogP contribution in [0, 0.1) is 11.6 Å². The van der Waals surface area contributed by atoms with E-state index in [1.165, 1.54) is 12.1 Å². The van der Waals surface area contributed by atoms with Crippen molar-refractivity contribution in [3.05, 3.63) is 60.2 Å². The minimum absolute atomic E-state index is 0.252. The Kier molecular flexibility index (Phi) is 5.35. The average molecular weight is 278 g/mol. The van der Waals surface area contributed by atoms with Gasteiger partial charge in [0, 0.05) is 0 Å². The zero-order valence-corrected chi connectivity index (χ0v) is 11.0. The lowest BCUT2D eigenvalue weighted by Crippen LogP contribution is -2.04. The summed E-state index contributed by atoms with van der Waals surface area (Å²) < 4.78 is 37.1. The monoisotopic (exact) mass is 278 g/mol. The Balaban J connectivity index is 1.63. The summed E-state index contributed by atoms with van der Waals surface area (Å²) in [4.78, 5) is 0. The van der Waals surface area contributed by atoms with E-state index in [2.05, 4.69) is 0 Å². The number of para-hydroxylation sites is 2. The number of rotatable bonds is 7. The van der Waals surface area contributed by atoms with Crippen LogP contribution >= 0.6 is 0 Å². The Morgan fingerprint density at radius 1 is 0.650 bits per heavy atom. The zero-order chi connectivity index (χ0) is 14.2. The number of hydrogen-bond donors (Lipinski definition) is 0. The van der Waals surface area contributed by atoms with Crippen molar-refractivity contribution in [3.63, 3.8) is 0 Å². The van der Waals surface area contributed by atoms with Gasteiger partial charge in [0.2, 0.25) is 0 Å². The second-order valence-electron chi connectivity index (χ2n) is 4.26. The average Bonchev–Trinajstić information content (AvgIpc) is 2.46. The Bertz CT molecular complexity index is 494. The van der Waals surface area contributed by atoms with Gasteiger partial charge in [-0.3, -0.25) is 0 Å². The van der Waals surface area contributed by atoms with E-state index in [1.807, 2.05) is 0 Å². The SMILES string of the molecule is Fc1ccccc1OCCCCOc1ccccc1F. The molecule has 0 atom stereocenters. The molecule has 0 aliphatic rings. The Labute approximate surface area is 117 Å². The fraction of sp³-hybridized carbons (Fsp3) is 0.250. The van der Waals surface area contributed by atoms with Gasteiger partial charge < -0.3 is 9.47 Å². The summed E-state index contributed by atoms with van der Waals surface area (Å²) in [6, 6.07) is 12.6. The molecule has 20 heavy (non-hydrogen) atoms. The van der Waals surface area contributed by atoms with Gasteiger partial charge >= 0.3 is 0 Å². The molecule has 0 N–H and O–H groups in total. The van der Waals surface area contributed by atoms with Crippen molar-refractivity contribution in [2.45, 2.75) is 12.8 Å². The third-order valence-electron chi connectivity index (χ3n) is 2.73. The second-order valence-corrected chi connectivity index (χ2v) is 4.26. The maximum Gasteiger partial charge on any atom is 0.165 e. The first kappa shape index (κ1) is 14.3. The first-order valence-corrected chi connectivity index (χ1v) is 6.52. The molecule has 0 amide bonds. The highest BCUT2D eigenvalue weighted by Crippen LogP contribution is 2.17. The van der Waals surface area contributed by atoms with Crippen molar-refractivity contribution in [2.24, 2.45) is 0 Å². The van der Waals surface area contributed by atoms with Gasteiger partial charge in [0.25, 0.3) is 0 Å². The van der Waals surface area contributed by atoms with Gasteiger partial charge in [-0.1, -0.05) is 24.3 Å². The Morgan fingerprint density at radius 3 is 1.45 bits per heavy atom. The van der Waals surface area contributed by atoms with Crippen molar-refractivity contribution in [3.8, 4) is 11.5 Å². The normalized spacial score (nSPS) is 10.3. The molecular weight excluding hydrogens is 262 g/mol. The number of halogens is 2. The van der Waals surface area contributed by atoms with E-state index in [1.54, 1.807) is 36.4 Å². The molecule has 2 nitrogen and oxygen atoms in total. The molecule has 106 valence electrons. The minimum atomic E-state index is -0.366. The van der Waals surface area contributed by atoms with Crippen molar-refractivity contribution >= 4 is 0 Å². The van der Waals surface area contributed by atoms with Crippen molar-refractivity contribution in [2.75, 3.05) is 13.2 Å². The van der Waals surface area contributed by atoms with Crippen molar-refractivity contribution < 1.29 is 18.3 Å². The van der Waals surface area contributed by atoms with Crippen LogP contribution < -0.4 is 9.47 Å². The molecular formula is C16H16F2O2. The Morgan fingerprint density at radius 2 is 1.05 bits per heavy atom. The second kappa shape index (κ2) is 7.48. The number of benzene rings is 2. The van der Waals surface area contributed by atoms with Crippen LogP contribution in [-0.2, 0) is 0 Å². The summed E-state index contributed by atoms with van der Waals surface area (Å²) in [5.74, 6) is -0.227. The largest absolute Gasteiger partial charge is 0.491 e. The fourth-order valence-electron chi connectivity index (χ4n) is 1.69. The van der Waals surface area contributed by atoms with Crippen molar-refractivity contribution in [1.82, 2.24) is 0 Å². The lowest BCUT2D eigenvalue weighted by Gasteiger charge is -2.08. The molecule has 0 fully saturated rings. The van der Waals surface area contributed by atoms with E-state index in [0.29, 0.717) is 26.1 Å². The van der Waals surface area contributed by atoms with Gasteiger partial charge in [0.05, 0.1) is 13.2 Å². The fourth-order valence-corrected chi connectivity index (χ4v) is 1.69. The molecule has 0 aromatic heterocycles. The van der Waals surface area contributed by atoms with Crippen LogP contribution in [0.15, 0.2) is 48.5 Å². The van der Waals surface area contributed by atoms with Crippen LogP contribution in [-0.4, -0.2) is 13.2 Å². The third-order valence-corrected chi connectivity index (χ3v) is 2.73. The van der Waals surface area contributed by atoms with E-state index >= 15 is 0 Å². The van der Waals surface area contributed by atoms with E-state index in [9.17, 15) is 8.78 Å². The predicted octanol–water partition coefficient (Wildman–Crippen LogP) is 4.20. The number of ether oxygens (including phenoxy) is 2. The standard InChI is InChI=1S/C16H16F2O2/c17-13-7-1-3-9-15(13)19-11-5-6-12-20-16-10-4-2-8-14(16)18/h1-4,7-10H,5-6,11-12H2. The van der Waals surface area contributed by atoms with Gasteiger partial charge in [-0.05, 0) is 37.1 Å². The summed E-state index contributed by atoms with van der Waals surface area (Å²) in [6.07, 6.45) is 1.42. The molecule has 2 aromatic rings. The first-order valence-electron chi connectivity index (χ1n) is 6.52. The molecule has 0 heterocycles. The van der Waals surface area contributed by atoms with Crippen molar-refractivity contribution in [1.29, 1.82) is 0 Å².